The normalized spacial score (nSPS) is 38.8. The number of hydrogen-bond donors (Lipinski definition) is 0. The molecule has 0 aromatic heterocycles. The van der Waals surface area contributed by atoms with Gasteiger partial charge in [-0.1, -0.05) is 13.8 Å². The van der Waals surface area contributed by atoms with Gasteiger partial charge in [-0.3, -0.25) is 0 Å². The summed E-state index contributed by atoms with van der Waals surface area (Å²) in [7, 11) is 0. The zero-order chi connectivity index (χ0) is 11.5. The molecule has 0 bridgehead atoms. The second-order valence-electron chi connectivity index (χ2n) is 5.56. The van der Waals surface area contributed by atoms with E-state index >= 15 is 0 Å². The van der Waals surface area contributed by atoms with E-state index in [0.717, 1.165) is 25.6 Å². The molecule has 0 saturated carbocycles. The Morgan fingerprint density at radius 2 is 1.88 bits per heavy atom. The van der Waals surface area contributed by atoms with E-state index in [9.17, 15) is 4.39 Å². The Morgan fingerprint density at radius 3 is 2.56 bits per heavy atom. The van der Waals surface area contributed by atoms with Gasteiger partial charge in [0, 0.05) is 25.5 Å². The van der Waals surface area contributed by atoms with Crippen LogP contribution in [0.5, 0.6) is 0 Å². The minimum Gasteiger partial charge on any atom is -0.376 e. The second-order valence-corrected chi connectivity index (χ2v) is 5.56. The molecule has 0 spiro atoms. The molecule has 0 amide bonds. The summed E-state index contributed by atoms with van der Waals surface area (Å²) in [6.07, 6.45) is 2.58. The highest BCUT2D eigenvalue weighted by Gasteiger charge is 2.32. The van der Waals surface area contributed by atoms with E-state index in [0.29, 0.717) is 13.0 Å². The van der Waals surface area contributed by atoms with E-state index in [1.54, 1.807) is 0 Å². The standard InChI is InChI=1S/C13H24FNO/c1-10-3-6-15(7-4-10)9-13-11(2)12(14)5-8-16-13/h10-13H,3-9H2,1-2H3/t11?,12?,13-/m1/s1. The van der Waals surface area contributed by atoms with Crippen molar-refractivity contribution in [2.75, 3.05) is 26.2 Å². The van der Waals surface area contributed by atoms with Gasteiger partial charge in [-0.05, 0) is 31.8 Å². The molecule has 2 nitrogen and oxygen atoms in total. The molecule has 2 saturated heterocycles. The van der Waals surface area contributed by atoms with Crippen molar-refractivity contribution < 1.29 is 9.13 Å². The van der Waals surface area contributed by atoms with Gasteiger partial charge < -0.3 is 9.64 Å². The molecule has 16 heavy (non-hydrogen) atoms. The lowest BCUT2D eigenvalue weighted by Gasteiger charge is -2.38. The van der Waals surface area contributed by atoms with Crippen molar-refractivity contribution in [3.63, 3.8) is 0 Å². The van der Waals surface area contributed by atoms with Crippen LogP contribution in [-0.4, -0.2) is 43.4 Å². The lowest BCUT2D eigenvalue weighted by atomic mass is 9.92. The molecule has 0 N–H and O–H groups in total. The number of nitrogens with zero attached hydrogens (tertiary/aromatic N) is 1. The molecule has 3 heteroatoms. The Kier molecular flexibility index (Phi) is 4.20. The Morgan fingerprint density at radius 1 is 1.19 bits per heavy atom. The topological polar surface area (TPSA) is 12.5 Å². The van der Waals surface area contributed by atoms with Crippen LogP contribution in [0.1, 0.15) is 33.1 Å². The third-order valence-corrected chi connectivity index (χ3v) is 4.20. The summed E-state index contributed by atoms with van der Waals surface area (Å²) in [5.74, 6) is 0.919. The van der Waals surface area contributed by atoms with Crippen LogP contribution < -0.4 is 0 Å². The SMILES string of the molecule is CC1CCN(C[C@H]2OCCC(F)C2C)CC1. The summed E-state index contributed by atoms with van der Waals surface area (Å²) in [5.41, 5.74) is 0. The first kappa shape index (κ1) is 12.3. The van der Waals surface area contributed by atoms with Gasteiger partial charge in [-0.2, -0.15) is 0 Å². The summed E-state index contributed by atoms with van der Waals surface area (Å²) >= 11 is 0. The highest BCUT2D eigenvalue weighted by Crippen LogP contribution is 2.25. The Bertz CT molecular complexity index is 216. The third-order valence-electron chi connectivity index (χ3n) is 4.20. The number of alkyl halides is 1. The Balaban J connectivity index is 1.80. The monoisotopic (exact) mass is 229 g/mol. The highest BCUT2D eigenvalue weighted by atomic mass is 19.1. The van der Waals surface area contributed by atoms with Crippen molar-refractivity contribution in [3.05, 3.63) is 0 Å². The molecule has 0 aromatic rings. The number of rotatable bonds is 2. The van der Waals surface area contributed by atoms with E-state index in [1.807, 2.05) is 6.92 Å². The van der Waals surface area contributed by atoms with Gasteiger partial charge in [-0.25, -0.2) is 4.39 Å². The van der Waals surface area contributed by atoms with Crippen LogP contribution in [-0.2, 0) is 4.74 Å². The molecule has 94 valence electrons. The van der Waals surface area contributed by atoms with Crippen LogP contribution in [0.25, 0.3) is 0 Å². The Hall–Kier alpha value is -0.150. The fraction of sp³-hybridized carbons (Fsp3) is 1.00. The van der Waals surface area contributed by atoms with E-state index in [2.05, 4.69) is 11.8 Å². The maximum absolute atomic E-state index is 13.5. The largest absolute Gasteiger partial charge is 0.376 e. The number of halogens is 1. The average Bonchev–Trinajstić information content (AvgIpc) is 2.28. The molecular formula is C13H24FNO. The van der Waals surface area contributed by atoms with Gasteiger partial charge in [0.1, 0.15) is 6.17 Å². The summed E-state index contributed by atoms with van der Waals surface area (Å²) in [6.45, 7) is 8.14. The number of piperidine rings is 1. The average molecular weight is 229 g/mol. The van der Waals surface area contributed by atoms with E-state index in [4.69, 9.17) is 4.74 Å². The zero-order valence-corrected chi connectivity index (χ0v) is 10.5. The van der Waals surface area contributed by atoms with Crippen molar-refractivity contribution in [2.45, 2.75) is 45.4 Å². The first-order chi connectivity index (χ1) is 7.66. The predicted molar refractivity (Wildman–Crippen MR) is 63.3 cm³/mol. The molecule has 2 rings (SSSR count). The lowest BCUT2D eigenvalue weighted by Crippen LogP contribution is -2.46. The molecule has 0 aromatic carbocycles. The summed E-state index contributed by atoms with van der Waals surface area (Å²) in [4.78, 5) is 2.44. The minimum absolute atomic E-state index is 0.0631. The smallest absolute Gasteiger partial charge is 0.107 e. The molecule has 2 unspecified atom stereocenters. The molecule has 0 aliphatic carbocycles. The fourth-order valence-corrected chi connectivity index (χ4v) is 2.70. The lowest BCUT2D eigenvalue weighted by molar-refractivity contribution is -0.0749. The van der Waals surface area contributed by atoms with Gasteiger partial charge in [0.15, 0.2) is 0 Å². The van der Waals surface area contributed by atoms with Gasteiger partial charge in [0.25, 0.3) is 0 Å². The van der Waals surface area contributed by atoms with Crippen molar-refractivity contribution in [2.24, 2.45) is 11.8 Å². The summed E-state index contributed by atoms with van der Waals surface area (Å²) in [6, 6.07) is 0. The van der Waals surface area contributed by atoms with E-state index in [1.165, 1.54) is 12.8 Å². The van der Waals surface area contributed by atoms with Crippen LogP contribution in [0.15, 0.2) is 0 Å². The van der Waals surface area contributed by atoms with Crippen LogP contribution in [0.2, 0.25) is 0 Å². The van der Waals surface area contributed by atoms with Crippen LogP contribution in [0, 0.1) is 11.8 Å². The number of hydrogen-bond acceptors (Lipinski definition) is 2. The molecule has 2 fully saturated rings. The molecule has 2 aliphatic heterocycles. The fourth-order valence-electron chi connectivity index (χ4n) is 2.70. The van der Waals surface area contributed by atoms with E-state index < -0.39 is 6.17 Å². The quantitative estimate of drug-likeness (QED) is 0.721. The van der Waals surface area contributed by atoms with Crippen molar-refractivity contribution in [1.82, 2.24) is 4.90 Å². The van der Waals surface area contributed by atoms with Gasteiger partial charge in [-0.15, -0.1) is 0 Å². The van der Waals surface area contributed by atoms with Crippen molar-refractivity contribution >= 4 is 0 Å². The maximum Gasteiger partial charge on any atom is 0.107 e. The highest BCUT2D eigenvalue weighted by molar-refractivity contribution is 4.82. The number of likely N-dealkylation sites (tertiary alicyclic amines) is 1. The first-order valence-electron chi connectivity index (χ1n) is 6.65. The molecule has 2 heterocycles. The van der Waals surface area contributed by atoms with Crippen LogP contribution in [0.4, 0.5) is 4.39 Å². The van der Waals surface area contributed by atoms with Crippen LogP contribution in [0.3, 0.4) is 0 Å². The first-order valence-corrected chi connectivity index (χ1v) is 6.65. The van der Waals surface area contributed by atoms with Crippen molar-refractivity contribution in [1.29, 1.82) is 0 Å². The molecule has 3 atom stereocenters. The third kappa shape index (κ3) is 2.95. The number of ether oxygens (including phenoxy) is 1. The predicted octanol–water partition coefficient (Wildman–Crippen LogP) is 2.48. The second kappa shape index (κ2) is 5.46. The van der Waals surface area contributed by atoms with Crippen LogP contribution >= 0.6 is 0 Å². The molecule has 0 radical (unpaired) electrons. The van der Waals surface area contributed by atoms with Gasteiger partial charge in [0.05, 0.1) is 6.10 Å². The van der Waals surface area contributed by atoms with E-state index in [-0.39, 0.29) is 12.0 Å². The van der Waals surface area contributed by atoms with Gasteiger partial charge >= 0.3 is 0 Å². The maximum atomic E-state index is 13.5. The zero-order valence-electron chi connectivity index (χ0n) is 10.5. The Labute approximate surface area is 98.1 Å². The summed E-state index contributed by atoms with van der Waals surface area (Å²) < 4.78 is 19.3. The van der Waals surface area contributed by atoms with Crippen molar-refractivity contribution in [3.8, 4) is 0 Å². The van der Waals surface area contributed by atoms with Gasteiger partial charge in [0.2, 0.25) is 0 Å². The minimum atomic E-state index is -0.664. The molecular weight excluding hydrogens is 205 g/mol. The molecule has 2 aliphatic rings. The summed E-state index contributed by atoms with van der Waals surface area (Å²) in [5, 5.41) is 0.